The first-order valence-electron chi connectivity index (χ1n) is 8.97. The SMILES string of the molecule is Cc1ccc(C(=O)CCC(=O)N2CCN(C(=O)c3ccc(F)cc3Cl)CC2)s1. The second-order valence-electron chi connectivity index (χ2n) is 6.63. The lowest BCUT2D eigenvalue weighted by Gasteiger charge is -2.35. The Labute approximate surface area is 171 Å². The zero-order valence-electron chi connectivity index (χ0n) is 15.4. The minimum atomic E-state index is -0.496. The van der Waals surface area contributed by atoms with Gasteiger partial charge in [-0.3, -0.25) is 14.4 Å². The van der Waals surface area contributed by atoms with Gasteiger partial charge in [-0.1, -0.05) is 11.6 Å². The van der Waals surface area contributed by atoms with Crippen molar-refractivity contribution in [3.05, 3.63) is 56.5 Å². The summed E-state index contributed by atoms with van der Waals surface area (Å²) in [5, 5.41) is 0.0748. The third-order valence-electron chi connectivity index (χ3n) is 4.66. The largest absolute Gasteiger partial charge is 0.339 e. The molecule has 1 aliphatic rings. The van der Waals surface area contributed by atoms with Gasteiger partial charge in [-0.2, -0.15) is 0 Å². The van der Waals surface area contributed by atoms with Crippen LogP contribution in [0.2, 0.25) is 5.02 Å². The molecule has 0 bridgehead atoms. The summed E-state index contributed by atoms with van der Waals surface area (Å²) in [5.74, 6) is -0.885. The van der Waals surface area contributed by atoms with Gasteiger partial charge in [-0.05, 0) is 37.3 Å². The Morgan fingerprint density at radius 2 is 1.71 bits per heavy atom. The highest BCUT2D eigenvalue weighted by atomic mass is 35.5. The predicted molar refractivity (Wildman–Crippen MR) is 107 cm³/mol. The zero-order chi connectivity index (χ0) is 20.3. The number of piperazine rings is 1. The minimum Gasteiger partial charge on any atom is -0.339 e. The molecular weight excluding hydrogens is 403 g/mol. The first-order chi connectivity index (χ1) is 13.3. The molecule has 0 aliphatic carbocycles. The molecule has 0 saturated carbocycles. The van der Waals surface area contributed by atoms with Crippen LogP contribution in [0.1, 0.15) is 37.7 Å². The molecule has 3 rings (SSSR count). The highest BCUT2D eigenvalue weighted by Crippen LogP contribution is 2.21. The van der Waals surface area contributed by atoms with Crippen molar-refractivity contribution < 1.29 is 18.8 Å². The van der Waals surface area contributed by atoms with Crippen LogP contribution in [-0.2, 0) is 4.79 Å². The van der Waals surface area contributed by atoms with Gasteiger partial charge in [0.1, 0.15) is 5.82 Å². The number of ketones is 1. The van der Waals surface area contributed by atoms with E-state index in [0.29, 0.717) is 31.1 Å². The topological polar surface area (TPSA) is 57.7 Å². The summed E-state index contributed by atoms with van der Waals surface area (Å²) in [4.78, 5) is 42.1. The maximum atomic E-state index is 13.2. The number of carbonyl (C=O) groups excluding carboxylic acids is 3. The number of halogens is 2. The summed E-state index contributed by atoms with van der Waals surface area (Å²) in [7, 11) is 0. The number of aryl methyl sites for hydroxylation is 1. The Bertz CT molecular complexity index is 907. The van der Waals surface area contributed by atoms with Crippen molar-refractivity contribution in [3.8, 4) is 0 Å². The van der Waals surface area contributed by atoms with Crippen molar-refractivity contribution in [1.29, 1.82) is 0 Å². The van der Waals surface area contributed by atoms with Gasteiger partial charge in [-0.25, -0.2) is 4.39 Å². The van der Waals surface area contributed by atoms with Crippen LogP contribution >= 0.6 is 22.9 Å². The molecule has 1 aliphatic heterocycles. The summed E-state index contributed by atoms with van der Waals surface area (Å²) in [6.45, 7) is 3.48. The van der Waals surface area contributed by atoms with E-state index in [1.165, 1.54) is 23.5 Å². The molecule has 0 spiro atoms. The van der Waals surface area contributed by atoms with Crippen LogP contribution < -0.4 is 0 Å². The van der Waals surface area contributed by atoms with Crippen molar-refractivity contribution in [2.75, 3.05) is 26.2 Å². The summed E-state index contributed by atoms with van der Waals surface area (Å²) in [5.41, 5.74) is 0.250. The molecule has 0 atom stereocenters. The third-order valence-corrected chi connectivity index (χ3v) is 6.02. The van der Waals surface area contributed by atoms with Crippen molar-refractivity contribution in [1.82, 2.24) is 9.80 Å². The van der Waals surface area contributed by atoms with E-state index >= 15 is 0 Å². The Kier molecular flexibility index (Phi) is 6.46. The molecule has 8 heteroatoms. The summed E-state index contributed by atoms with van der Waals surface area (Å²) >= 11 is 7.40. The smallest absolute Gasteiger partial charge is 0.255 e. The molecular formula is C20H20ClFN2O3S. The molecule has 2 aromatic rings. The molecule has 0 N–H and O–H groups in total. The van der Waals surface area contributed by atoms with Gasteiger partial charge >= 0.3 is 0 Å². The normalized spacial score (nSPS) is 14.2. The lowest BCUT2D eigenvalue weighted by atomic mass is 10.1. The number of hydrogen-bond donors (Lipinski definition) is 0. The summed E-state index contributed by atoms with van der Waals surface area (Å²) in [6, 6.07) is 7.36. The molecule has 1 aromatic heterocycles. The number of benzene rings is 1. The fourth-order valence-corrected chi connectivity index (χ4v) is 4.16. The second-order valence-corrected chi connectivity index (χ2v) is 8.33. The van der Waals surface area contributed by atoms with E-state index < -0.39 is 5.82 Å². The van der Waals surface area contributed by atoms with Crippen LogP contribution in [0.5, 0.6) is 0 Å². The van der Waals surface area contributed by atoms with E-state index in [2.05, 4.69) is 0 Å². The summed E-state index contributed by atoms with van der Waals surface area (Å²) in [6.07, 6.45) is 0.344. The maximum absolute atomic E-state index is 13.2. The van der Waals surface area contributed by atoms with Crippen molar-refractivity contribution in [3.63, 3.8) is 0 Å². The van der Waals surface area contributed by atoms with Crippen molar-refractivity contribution >= 4 is 40.5 Å². The van der Waals surface area contributed by atoms with Gasteiger partial charge < -0.3 is 9.80 Å². The van der Waals surface area contributed by atoms with Gasteiger partial charge in [0, 0.05) is 43.9 Å². The van der Waals surface area contributed by atoms with Crippen LogP contribution in [0.4, 0.5) is 4.39 Å². The van der Waals surface area contributed by atoms with E-state index in [-0.39, 0.29) is 41.0 Å². The van der Waals surface area contributed by atoms with Crippen molar-refractivity contribution in [2.24, 2.45) is 0 Å². The number of nitrogens with zero attached hydrogens (tertiary/aromatic N) is 2. The average Bonchev–Trinajstić information content (AvgIpc) is 3.12. The number of hydrogen-bond acceptors (Lipinski definition) is 4. The van der Waals surface area contributed by atoms with E-state index in [9.17, 15) is 18.8 Å². The molecule has 1 aromatic carbocycles. The fraction of sp³-hybridized carbons (Fsp3) is 0.350. The minimum absolute atomic E-state index is 0.0220. The van der Waals surface area contributed by atoms with Crippen LogP contribution in [0, 0.1) is 12.7 Å². The van der Waals surface area contributed by atoms with Crippen molar-refractivity contribution in [2.45, 2.75) is 19.8 Å². The molecule has 1 saturated heterocycles. The zero-order valence-corrected chi connectivity index (χ0v) is 17.0. The molecule has 28 heavy (non-hydrogen) atoms. The van der Waals surface area contributed by atoms with Crippen LogP contribution in [0.15, 0.2) is 30.3 Å². The quantitative estimate of drug-likeness (QED) is 0.689. The number of carbonyl (C=O) groups is 3. The van der Waals surface area contributed by atoms with E-state index in [1.54, 1.807) is 15.9 Å². The molecule has 148 valence electrons. The average molecular weight is 423 g/mol. The van der Waals surface area contributed by atoms with E-state index in [1.807, 2.05) is 13.0 Å². The Morgan fingerprint density at radius 3 is 2.32 bits per heavy atom. The van der Waals surface area contributed by atoms with E-state index in [4.69, 9.17) is 11.6 Å². The Balaban J connectivity index is 1.49. The van der Waals surface area contributed by atoms with E-state index in [0.717, 1.165) is 10.9 Å². The van der Waals surface area contributed by atoms with Gasteiger partial charge in [-0.15, -0.1) is 11.3 Å². The van der Waals surface area contributed by atoms with Crippen LogP contribution in [-0.4, -0.2) is 53.6 Å². The Hall–Kier alpha value is -2.25. The lowest BCUT2D eigenvalue weighted by molar-refractivity contribution is -0.132. The second kappa shape index (κ2) is 8.84. The Morgan fingerprint density at radius 1 is 1.04 bits per heavy atom. The highest BCUT2D eigenvalue weighted by Gasteiger charge is 2.26. The molecule has 0 radical (unpaired) electrons. The first-order valence-corrected chi connectivity index (χ1v) is 10.2. The standard InChI is InChI=1S/C20H20ClFN2O3S/c1-13-2-6-18(28-13)17(25)5-7-19(26)23-8-10-24(11-9-23)20(27)15-4-3-14(22)12-16(15)21/h2-4,6,12H,5,7-11H2,1H3. The van der Waals surface area contributed by atoms with Gasteiger partial charge in [0.05, 0.1) is 15.5 Å². The molecule has 2 amide bonds. The fourth-order valence-electron chi connectivity index (χ4n) is 3.08. The van der Waals surface area contributed by atoms with Gasteiger partial charge in [0.25, 0.3) is 5.91 Å². The van der Waals surface area contributed by atoms with Crippen LogP contribution in [0.25, 0.3) is 0 Å². The number of rotatable bonds is 5. The lowest BCUT2D eigenvalue weighted by Crippen LogP contribution is -2.50. The number of Topliss-reactive ketones (excluding diaryl/α,β-unsaturated/α-hetero) is 1. The third kappa shape index (κ3) is 4.77. The molecule has 2 heterocycles. The van der Waals surface area contributed by atoms with Gasteiger partial charge in [0.15, 0.2) is 5.78 Å². The molecule has 0 unspecified atom stereocenters. The predicted octanol–water partition coefficient (Wildman–Crippen LogP) is 3.80. The highest BCUT2D eigenvalue weighted by molar-refractivity contribution is 7.14. The van der Waals surface area contributed by atoms with Gasteiger partial charge in [0.2, 0.25) is 5.91 Å². The maximum Gasteiger partial charge on any atom is 0.255 e. The monoisotopic (exact) mass is 422 g/mol. The number of amides is 2. The van der Waals surface area contributed by atoms with Crippen LogP contribution in [0.3, 0.4) is 0 Å². The summed E-state index contributed by atoms with van der Waals surface area (Å²) < 4.78 is 13.2. The number of thiophene rings is 1. The molecule has 1 fully saturated rings. The molecule has 5 nitrogen and oxygen atoms in total. The first kappa shape index (κ1) is 20.5.